The summed E-state index contributed by atoms with van der Waals surface area (Å²) in [5.41, 5.74) is 14.1. The minimum Gasteiger partial charge on any atom is -0.491 e. The molecule has 0 fully saturated rings. The number of amides is 2. The van der Waals surface area contributed by atoms with Gasteiger partial charge in [0.25, 0.3) is 0 Å². The summed E-state index contributed by atoms with van der Waals surface area (Å²) >= 11 is 0. The number of nitrogens with zero attached hydrogens (tertiary/aromatic N) is 2. The monoisotopic (exact) mass is 481 g/mol. The van der Waals surface area contributed by atoms with Gasteiger partial charge in [-0.15, -0.1) is 0 Å². The summed E-state index contributed by atoms with van der Waals surface area (Å²) in [6.07, 6.45) is 7.26. The van der Waals surface area contributed by atoms with Gasteiger partial charge in [0.1, 0.15) is 16.5 Å². The van der Waals surface area contributed by atoms with Crippen LogP contribution in [0.4, 0.5) is 22.7 Å². The van der Waals surface area contributed by atoms with Crippen molar-refractivity contribution in [2.24, 2.45) is 0 Å². The highest BCUT2D eigenvalue weighted by Gasteiger charge is 2.32. The molecule has 185 valence electrons. The molecule has 1 heterocycles. The molecule has 0 saturated heterocycles. The molecule has 2 aromatic carbocycles. The number of aliphatic imine (C=N–C) groups is 1. The number of hydrogen-bond donors (Lipinski definition) is 4. The van der Waals surface area contributed by atoms with E-state index >= 15 is 0 Å². The standard InChI is InChI=1S/C25H32N6O4/c1-18(32)29-22-7-5-20(26)15-24(22)34-13-3-10-31(12-9-28-17-31)11-4-14-35-25-16-21(27)6-8-23(25)30-19(2)33/h5-9,12,15-17H,3-4,10-11,13-14,26-27H2,1-2H3,(H-,29,30,32,33)/q+1/p+1. The molecule has 10 heteroatoms. The van der Waals surface area contributed by atoms with E-state index in [-0.39, 0.29) is 11.8 Å². The van der Waals surface area contributed by atoms with E-state index in [1.165, 1.54) is 13.8 Å². The lowest BCUT2D eigenvalue weighted by Gasteiger charge is -2.24. The van der Waals surface area contributed by atoms with Crippen molar-refractivity contribution in [3.05, 3.63) is 48.8 Å². The Balaban J connectivity index is 1.50. The van der Waals surface area contributed by atoms with Crippen LogP contribution >= 0.6 is 0 Å². The summed E-state index contributed by atoms with van der Waals surface area (Å²) in [7, 11) is 0. The van der Waals surface area contributed by atoms with Crippen LogP contribution < -0.4 is 36.6 Å². The van der Waals surface area contributed by atoms with Crippen LogP contribution in [0.3, 0.4) is 0 Å². The van der Waals surface area contributed by atoms with Crippen LogP contribution in [0.2, 0.25) is 0 Å². The highest BCUT2D eigenvalue weighted by molar-refractivity contribution is 5.91. The summed E-state index contributed by atoms with van der Waals surface area (Å²) in [6.45, 7) is 5.38. The molecular formula is C25H33N6O4+2. The number of carbonyl (C=O) groups is 2. The molecule has 1 radical (unpaired) electrons. The topological polar surface area (TPSA) is 143 Å². The number of nitrogens with one attached hydrogen (secondary N) is 2. The fraction of sp³-hybridized carbons (Fsp3) is 0.320. The van der Waals surface area contributed by atoms with Crippen molar-refractivity contribution >= 4 is 40.9 Å². The van der Waals surface area contributed by atoms with Crippen LogP contribution in [0, 0.1) is 0 Å². The number of benzene rings is 2. The van der Waals surface area contributed by atoms with Gasteiger partial charge in [-0.2, -0.15) is 0 Å². The maximum Gasteiger partial charge on any atom is 0.403 e. The van der Waals surface area contributed by atoms with E-state index in [0.29, 0.717) is 51.9 Å². The number of hydrogen-bond acceptors (Lipinski definition) is 7. The molecule has 0 unspecified atom stereocenters. The highest BCUT2D eigenvalue weighted by atomic mass is 16.5. The number of nitrogens with two attached hydrogens (primary N) is 2. The number of carbonyl (C=O) groups excluding carboxylic acids is 2. The Hall–Kier alpha value is -4.05. The Morgan fingerprint density at radius 3 is 1.74 bits per heavy atom. The SMILES string of the molecule is CC(=O)Nc1ccc(N)cc1OCCC[N+]1(CCCOc2cc(N)ccc2NC(C)=O)C=C[N+]=C1. The smallest absolute Gasteiger partial charge is 0.403 e. The Bertz CT molecular complexity index is 1030. The van der Waals surface area contributed by atoms with Crippen LogP contribution in [-0.4, -0.2) is 48.9 Å². The molecule has 3 rings (SSSR count). The zero-order chi connectivity index (χ0) is 25.3. The first-order valence-electron chi connectivity index (χ1n) is 11.4. The van der Waals surface area contributed by atoms with E-state index in [9.17, 15) is 9.59 Å². The highest BCUT2D eigenvalue weighted by Crippen LogP contribution is 2.28. The molecule has 1 aliphatic rings. The maximum atomic E-state index is 11.4. The van der Waals surface area contributed by atoms with E-state index in [1.54, 1.807) is 42.6 Å². The molecule has 0 spiro atoms. The Morgan fingerprint density at radius 1 is 0.857 bits per heavy atom. The van der Waals surface area contributed by atoms with E-state index in [1.807, 2.05) is 12.5 Å². The first-order chi connectivity index (χ1) is 16.8. The molecule has 0 aromatic heterocycles. The van der Waals surface area contributed by atoms with Crippen LogP contribution in [-0.2, 0) is 9.59 Å². The second kappa shape index (κ2) is 11.9. The maximum absolute atomic E-state index is 11.4. The predicted octanol–water partition coefficient (Wildman–Crippen LogP) is 2.67. The third kappa shape index (κ3) is 7.75. The van der Waals surface area contributed by atoms with Crippen LogP contribution in [0.15, 0.2) is 48.8 Å². The van der Waals surface area contributed by atoms with Gasteiger partial charge in [0, 0.05) is 50.2 Å². The second-order valence-electron chi connectivity index (χ2n) is 8.39. The van der Waals surface area contributed by atoms with Gasteiger partial charge in [-0.25, -0.2) is 4.48 Å². The number of anilines is 4. The molecule has 0 atom stereocenters. The second-order valence-corrected chi connectivity index (χ2v) is 8.39. The Labute approximate surface area is 205 Å². The summed E-state index contributed by atoms with van der Waals surface area (Å²) < 4.78 is 12.4. The van der Waals surface area contributed by atoms with Crippen molar-refractivity contribution < 1.29 is 23.5 Å². The zero-order valence-corrected chi connectivity index (χ0v) is 20.1. The van der Waals surface area contributed by atoms with Gasteiger partial charge >= 0.3 is 12.5 Å². The molecule has 0 aliphatic carbocycles. The number of rotatable bonds is 12. The first-order valence-corrected chi connectivity index (χ1v) is 11.4. The van der Waals surface area contributed by atoms with E-state index in [4.69, 9.17) is 20.9 Å². The molecule has 2 aromatic rings. The van der Waals surface area contributed by atoms with Gasteiger partial charge in [0.2, 0.25) is 11.8 Å². The minimum absolute atomic E-state index is 0.174. The van der Waals surface area contributed by atoms with Crippen molar-refractivity contribution in [3.8, 4) is 11.5 Å². The molecule has 2 amide bonds. The quantitative estimate of drug-likeness (QED) is 0.209. The molecule has 10 nitrogen and oxygen atoms in total. The van der Waals surface area contributed by atoms with Crippen molar-refractivity contribution in [1.82, 2.24) is 4.99 Å². The third-order valence-corrected chi connectivity index (χ3v) is 5.33. The lowest BCUT2D eigenvalue weighted by Crippen LogP contribution is -2.43. The summed E-state index contributed by atoms with van der Waals surface area (Å²) in [5.74, 6) is 0.741. The predicted molar refractivity (Wildman–Crippen MR) is 138 cm³/mol. The van der Waals surface area contributed by atoms with Gasteiger partial charge in [0.15, 0.2) is 6.20 Å². The largest absolute Gasteiger partial charge is 0.491 e. The molecular weight excluding hydrogens is 448 g/mol. The van der Waals surface area contributed by atoms with Gasteiger partial charge < -0.3 is 31.6 Å². The van der Waals surface area contributed by atoms with E-state index in [2.05, 4.69) is 15.6 Å². The average molecular weight is 482 g/mol. The van der Waals surface area contributed by atoms with Gasteiger partial charge in [0.05, 0.1) is 37.7 Å². The lowest BCUT2D eigenvalue weighted by molar-refractivity contribution is -0.780. The first kappa shape index (κ1) is 25.6. The van der Waals surface area contributed by atoms with Crippen LogP contribution in [0.1, 0.15) is 26.7 Å². The van der Waals surface area contributed by atoms with Crippen molar-refractivity contribution in [2.45, 2.75) is 26.7 Å². The third-order valence-electron chi connectivity index (χ3n) is 5.33. The van der Waals surface area contributed by atoms with Crippen molar-refractivity contribution in [1.29, 1.82) is 0 Å². The zero-order valence-electron chi connectivity index (χ0n) is 20.1. The Morgan fingerprint density at radius 2 is 1.34 bits per heavy atom. The fourth-order valence-electron chi connectivity index (χ4n) is 3.74. The molecule has 35 heavy (non-hydrogen) atoms. The van der Waals surface area contributed by atoms with E-state index < -0.39 is 0 Å². The lowest BCUT2D eigenvalue weighted by atomic mass is 10.2. The van der Waals surface area contributed by atoms with Gasteiger partial charge in [-0.05, 0) is 24.3 Å². The fourth-order valence-corrected chi connectivity index (χ4v) is 3.74. The molecule has 0 saturated carbocycles. The molecule has 0 bridgehead atoms. The summed E-state index contributed by atoms with van der Waals surface area (Å²) in [4.78, 5) is 27.2. The number of nitrogen functional groups attached to an aromatic ring is 2. The summed E-state index contributed by atoms with van der Waals surface area (Å²) in [5, 5.41) is 5.51. The number of ether oxygens (including phenoxy) is 2. The van der Waals surface area contributed by atoms with Gasteiger partial charge in [-0.1, -0.05) is 0 Å². The summed E-state index contributed by atoms with van der Waals surface area (Å²) in [6, 6.07) is 10.3. The molecule has 6 N–H and O–H groups in total. The average Bonchev–Trinajstić information content (AvgIpc) is 3.26. The normalized spacial score (nSPS) is 13.4. The Kier molecular flexibility index (Phi) is 8.69. The van der Waals surface area contributed by atoms with E-state index in [0.717, 1.165) is 25.9 Å². The van der Waals surface area contributed by atoms with Crippen LogP contribution in [0.25, 0.3) is 0 Å². The minimum atomic E-state index is -0.174. The van der Waals surface area contributed by atoms with Crippen molar-refractivity contribution in [2.75, 3.05) is 48.4 Å². The number of quaternary nitrogens is 1. The van der Waals surface area contributed by atoms with Crippen molar-refractivity contribution in [3.63, 3.8) is 0 Å². The molecule has 1 aliphatic heterocycles. The van der Waals surface area contributed by atoms with Gasteiger partial charge in [-0.3, -0.25) is 9.59 Å². The van der Waals surface area contributed by atoms with Crippen LogP contribution in [0.5, 0.6) is 11.5 Å².